The largest absolute Gasteiger partial charge is 0.784 e. The monoisotopic (exact) mass is 140 g/mol. The van der Waals surface area contributed by atoms with Gasteiger partial charge in [-0.25, -0.2) is 0 Å². The van der Waals surface area contributed by atoms with E-state index in [9.17, 15) is 5.21 Å². The molecule has 0 bridgehead atoms. The Kier molecular flexibility index (Phi) is 1.42. The summed E-state index contributed by atoms with van der Waals surface area (Å²) in [5.74, 6) is 0. The van der Waals surface area contributed by atoms with Crippen molar-refractivity contribution in [3.8, 4) is 0 Å². The SMILES string of the molecule is CC1(C)C=CC(C)(C)N1[O-]. The second-order valence-electron chi connectivity index (χ2n) is 3.94. The number of hydrogen-bond acceptors (Lipinski definition) is 2. The van der Waals surface area contributed by atoms with E-state index in [4.69, 9.17) is 0 Å². The first-order valence-corrected chi connectivity index (χ1v) is 3.54. The van der Waals surface area contributed by atoms with E-state index in [1.54, 1.807) is 0 Å². The van der Waals surface area contributed by atoms with Crippen LogP contribution in [-0.4, -0.2) is 16.1 Å². The summed E-state index contributed by atoms with van der Waals surface area (Å²) in [5.41, 5.74) is -0.632. The predicted octanol–water partition coefficient (Wildman–Crippen LogP) is 1.91. The first-order chi connectivity index (χ1) is 4.36. The van der Waals surface area contributed by atoms with Gasteiger partial charge in [-0.1, -0.05) is 12.2 Å². The number of rotatable bonds is 0. The van der Waals surface area contributed by atoms with E-state index in [2.05, 4.69) is 0 Å². The molecule has 2 heteroatoms. The lowest BCUT2D eigenvalue weighted by Crippen LogP contribution is -2.44. The number of nitrogens with zero attached hydrogens (tertiary/aromatic N) is 1. The first kappa shape index (κ1) is 7.76. The fourth-order valence-electron chi connectivity index (χ4n) is 1.29. The van der Waals surface area contributed by atoms with Crippen LogP contribution in [0.25, 0.3) is 0 Å². The molecular formula is C8H14NO-. The van der Waals surface area contributed by atoms with Gasteiger partial charge in [0.1, 0.15) is 0 Å². The summed E-state index contributed by atoms with van der Waals surface area (Å²) in [4.78, 5) is 0. The molecule has 0 atom stereocenters. The smallest absolute Gasteiger partial charge is 0.0225 e. The Morgan fingerprint density at radius 3 is 1.40 bits per heavy atom. The fraction of sp³-hybridized carbons (Fsp3) is 0.750. The molecule has 0 aromatic heterocycles. The van der Waals surface area contributed by atoms with Crippen molar-refractivity contribution in [1.29, 1.82) is 0 Å². The third-order valence-corrected chi connectivity index (χ3v) is 1.95. The van der Waals surface area contributed by atoms with E-state index in [0.29, 0.717) is 0 Å². The van der Waals surface area contributed by atoms with Crippen molar-refractivity contribution >= 4 is 0 Å². The molecule has 1 heterocycles. The third kappa shape index (κ3) is 0.976. The van der Waals surface area contributed by atoms with Gasteiger partial charge in [0.05, 0.1) is 0 Å². The first-order valence-electron chi connectivity index (χ1n) is 3.54. The maximum Gasteiger partial charge on any atom is 0.0225 e. The normalized spacial score (nSPS) is 29.3. The van der Waals surface area contributed by atoms with Gasteiger partial charge >= 0.3 is 0 Å². The Morgan fingerprint density at radius 2 is 1.30 bits per heavy atom. The zero-order chi connectivity index (χ0) is 7.99. The van der Waals surface area contributed by atoms with Crippen LogP contribution in [0.2, 0.25) is 0 Å². The molecule has 0 spiro atoms. The van der Waals surface area contributed by atoms with Gasteiger partial charge in [-0.15, -0.1) is 0 Å². The summed E-state index contributed by atoms with van der Waals surface area (Å²) in [5, 5.41) is 12.5. The van der Waals surface area contributed by atoms with Gasteiger partial charge in [-0.3, -0.25) is 0 Å². The minimum Gasteiger partial charge on any atom is -0.784 e. The summed E-state index contributed by atoms with van der Waals surface area (Å²) < 4.78 is 0. The topological polar surface area (TPSA) is 26.3 Å². The molecule has 0 aromatic rings. The average Bonchev–Trinajstić information content (AvgIpc) is 1.95. The van der Waals surface area contributed by atoms with Gasteiger partial charge in [0.2, 0.25) is 0 Å². The van der Waals surface area contributed by atoms with Crippen LogP contribution in [0.5, 0.6) is 0 Å². The van der Waals surface area contributed by atoms with Gasteiger partial charge in [0.15, 0.2) is 0 Å². The molecule has 0 amide bonds. The molecule has 0 radical (unpaired) electrons. The molecule has 0 unspecified atom stereocenters. The third-order valence-electron chi connectivity index (χ3n) is 1.95. The molecule has 1 aliphatic rings. The highest BCUT2D eigenvalue weighted by Gasteiger charge is 2.32. The van der Waals surface area contributed by atoms with Crippen molar-refractivity contribution in [3.63, 3.8) is 0 Å². The van der Waals surface area contributed by atoms with Crippen LogP contribution in [0.3, 0.4) is 0 Å². The quantitative estimate of drug-likeness (QED) is 0.480. The lowest BCUT2D eigenvalue weighted by Gasteiger charge is -2.46. The van der Waals surface area contributed by atoms with E-state index in [1.807, 2.05) is 39.8 Å². The van der Waals surface area contributed by atoms with Crippen LogP contribution < -0.4 is 0 Å². The minimum absolute atomic E-state index is 0.316. The lowest BCUT2D eigenvalue weighted by atomic mass is 10.1. The van der Waals surface area contributed by atoms with Crippen LogP contribution in [0, 0.1) is 5.21 Å². The van der Waals surface area contributed by atoms with Gasteiger partial charge in [-0.05, 0) is 27.7 Å². The fourth-order valence-corrected chi connectivity index (χ4v) is 1.29. The zero-order valence-corrected chi connectivity index (χ0v) is 7.01. The standard InChI is InChI=1S/C8H14NO/c1-7(2)5-6-8(3,4)9(7)10/h5-6H,1-4H3/q-1. The molecule has 0 saturated heterocycles. The Hall–Kier alpha value is -0.340. The Balaban J connectivity index is 2.88. The van der Waals surface area contributed by atoms with Crippen LogP contribution >= 0.6 is 0 Å². The molecule has 0 saturated carbocycles. The van der Waals surface area contributed by atoms with E-state index in [0.717, 1.165) is 5.06 Å². The van der Waals surface area contributed by atoms with Gasteiger partial charge in [0.25, 0.3) is 0 Å². The molecule has 0 N–H and O–H groups in total. The van der Waals surface area contributed by atoms with E-state index in [1.165, 1.54) is 0 Å². The molecule has 1 aliphatic heterocycles. The highest BCUT2D eigenvalue weighted by atomic mass is 16.5. The average molecular weight is 140 g/mol. The minimum atomic E-state index is -0.316. The summed E-state index contributed by atoms with van der Waals surface area (Å²) in [7, 11) is 0. The molecule has 0 aliphatic carbocycles. The van der Waals surface area contributed by atoms with Gasteiger partial charge in [-0.2, -0.15) is 0 Å². The van der Waals surface area contributed by atoms with Crippen LogP contribution in [0.15, 0.2) is 12.2 Å². The molecule has 1 rings (SSSR count). The zero-order valence-electron chi connectivity index (χ0n) is 7.01. The predicted molar refractivity (Wildman–Crippen MR) is 42.5 cm³/mol. The van der Waals surface area contributed by atoms with Crippen molar-refractivity contribution in [2.75, 3.05) is 0 Å². The lowest BCUT2D eigenvalue weighted by molar-refractivity contribution is 0.165. The Morgan fingerprint density at radius 1 is 1.00 bits per heavy atom. The summed E-state index contributed by atoms with van der Waals surface area (Å²) >= 11 is 0. The maximum absolute atomic E-state index is 11.4. The van der Waals surface area contributed by atoms with Crippen LogP contribution in [0.1, 0.15) is 27.7 Å². The number of hydrogen-bond donors (Lipinski definition) is 0. The van der Waals surface area contributed by atoms with Crippen LogP contribution in [-0.2, 0) is 0 Å². The van der Waals surface area contributed by atoms with Gasteiger partial charge < -0.3 is 10.3 Å². The summed E-state index contributed by atoms with van der Waals surface area (Å²) in [6.07, 6.45) is 3.92. The molecular weight excluding hydrogens is 126 g/mol. The van der Waals surface area contributed by atoms with E-state index >= 15 is 0 Å². The number of hydroxylamine groups is 2. The molecule has 0 aromatic carbocycles. The molecule has 10 heavy (non-hydrogen) atoms. The molecule has 2 nitrogen and oxygen atoms in total. The van der Waals surface area contributed by atoms with Crippen molar-refractivity contribution in [2.45, 2.75) is 38.8 Å². The molecule has 0 fully saturated rings. The van der Waals surface area contributed by atoms with Crippen LogP contribution in [0.4, 0.5) is 0 Å². The maximum atomic E-state index is 11.4. The van der Waals surface area contributed by atoms with E-state index in [-0.39, 0.29) is 11.1 Å². The van der Waals surface area contributed by atoms with Crippen molar-refractivity contribution in [2.24, 2.45) is 0 Å². The highest BCUT2D eigenvalue weighted by Crippen LogP contribution is 2.32. The van der Waals surface area contributed by atoms with Crippen molar-refractivity contribution in [3.05, 3.63) is 17.4 Å². The van der Waals surface area contributed by atoms with Crippen molar-refractivity contribution in [1.82, 2.24) is 5.06 Å². The molecule has 58 valence electrons. The highest BCUT2D eigenvalue weighted by molar-refractivity contribution is 5.21. The van der Waals surface area contributed by atoms with Crippen molar-refractivity contribution < 1.29 is 0 Å². The summed E-state index contributed by atoms with van der Waals surface area (Å²) in [6, 6.07) is 0. The summed E-state index contributed by atoms with van der Waals surface area (Å²) in [6.45, 7) is 7.69. The second kappa shape index (κ2) is 1.83. The van der Waals surface area contributed by atoms with Gasteiger partial charge in [0, 0.05) is 11.1 Å². The Bertz CT molecular complexity index is 152. The van der Waals surface area contributed by atoms with E-state index < -0.39 is 0 Å². The second-order valence-corrected chi connectivity index (χ2v) is 3.94. The Labute approximate surface area is 62.1 Å².